The zero-order valence-electron chi connectivity index (χ0n) is 13.6. The number of nitrogens with zero attached hydrogens (tertiary/aromatic N) is 2. The maximum absolute atomic E-state index is 5.94. The lowest BCUT2D eigenvalue weighted by Crippen LogP contribution is -2.18. The lowest BCUT2D eigenvalue weighted by molar-refractivity contribution is 0.262. The third kappa shape index (κ3) is 2.68. The Balaban J connectivity index is 1.49. The summed E-state index contributed by atoms with van der Waals surface area (Å²) < 4.78 is 7.16. The predicted octanol–water partition coefficient (Wildman–Crippen LogP) is 5.08. The minimum atomic E-state index is 0.330. The zero-order chi connectivity index (χ0) is 16.6. The van der Waals surface area contributed by atoms with E-state index in [1.807, 2.05) is 36.7 Å². The van der Waals surface area contributed by atoms with Crippen molar-refractivity contribution >= 4 is 21.6 Å². The molecule has 25 heavy (non-hydrogen) atoms. The maximum Gasteiger partial charge on any atom is 0.122 e. The predicted molar refractivity (Wildman–Crippen MR) is 101 cm³/mol. The van der Waals surface area contributed by atoms with Crippen molar-refractivity contribution < 1.29 is 4.74 Å². The number of fused-ring (bicyclic) bond motifs is 2. The van der Waals surface area contributed by atoms with Gasteiger partial charge in [0.15, 0.2) is 0 Å². The van der Waals surface area contributed by atoms with Crippen LogP contribution in [-0.4, -0.2) is 16.6 Å². The Kier molecular flexibility index (Phi) is 3.49. The average Bonchev–Trinajstić information content (AvgIpc) is 3.11. The quantitative estimate of drug-likeness (QED) is 0.509. The molecule has 0 saturated carbocycles. The lowest BCUT2D eigenvalue weighted by atomic mass is 9.97. The van der Waals surface area contributed by atoms with E-state index in [-0.39, 0.29) is 0 Å². The second-order valence-corrected chi connectivity index (χ2v) is 7.35. The number of benzene rings is 2. The normalized spacial score (nSPS) is 16.4. The van der Waals surface area contributed by atoms with Gasteiger partial charge in [-0.2, -0.15) is 0 Å². The molecule has 3 heterocycles. The molecule has 1 unspecified atom stereocenters. The summed E-state index contributed by atoms with van der Waals surface area (Å²) in [6, 6.07) is 18.8. The Bertz CT molecular complexity index is 1040. The molecule has 0 fully saturated rings. The van der Waals surface area contributed by atoms with Crippen molar-refractivity contribution in [2.75, 3.05) is 6.61 Å². The molecule has 5 rings (SSSR count). The van der Waals surface area contributed by atoms with Gasteiger partial charge in [-0.15, -0.1) is 11.3 Å². The first kappa shape index (κ1) is 14.6. The standard InChI is InChI=1S/C21H16N2OS/c1-2-4-19-16(3-1)11-17(13-24-19)21-23-18-6-5-15(12-20(18)25-21)14-7-9-22-10-8-14/h1-10,12,17H,11,13H2. The minimum absolute atomic E-state index is 0.330. The molecule has 2 aromatic carbocycles. The van der Waals surface area contributed by atoms with E-state index in [0.29, 0.717) is 12.5 Å². The Labute approximate surface area is 150 Å². The van der Waals surface area contributed by atoms with Crippen LogP contribution < -0.4 is 4.74 Å². The fraction of sp³-hybridized carbons (Fsp3) is 0.143. The molecule has 0 N–H and O–H groups in total. The van der Waals surface area contributed by atoms with Crippen LogP contribution in [0.3, 0.4) is 0 Å². The van der Waals surface area contributed by atoms with Crippen LogP contribution in [0.4, 0.5) is 0 Å². The van der Waals surface area contributed by atoms with Gasteiger partial charge in [0.05, 0.1) is 16.8 Å². The van der Waals surface area contributed by atoms with E-state index < -0.39 is 0 Å². The molecule has 4 heteroatoms. The van der Waals surface area contributed by atoms with Crippen molar-refractivity contribution in [2.24, 2.45) is 0 Å². The fourth-order valence-corrected chi connectivity index (χ4v) is 4.42. The molecule has 1 atom stereocenters. The number of pyridine rings is 1. The molecule has 0 aliphatic carbocycles. The summed E-state index contributed by atoms with van der Waals surface area (Å²) >= 11 is 1.78. The number of thiazole rings is 1. The summed E-state index contributed by atoms with van der Waals surface area (Å²) in [6.07, 6.45) is 4.65. The van der Waals surface area contributed by atoms with Gasteiger partial charge in [-0.3, -0.25) is 4.98 Å². The monoisotopic (exact) mass is 344 g/mol. The van der Waals surface area contributed by atoms with E-state index in [0.717, 1.165) is 22.7 Å². The van der Waals surface area contributed by atoms with Gasteiger partial charge in [-0.05, 0) is 53.4 Å². The fourth-order valence-electron chi connectivity index (χ4n) is 3.33. The summed E-state index contributed by atoms with van der Waals surface area (Å²) in [7, 11) is 0. The summed E-state index contributed by atoms with van der Waals surface area (Å²) in [5, 5.41) is 1.16. The molecule has 0 radical (unpaired) electrons. The van der Waals surface area contributed by atoms with Crippen LogP contribution in [0.5, 0.6) is 5.75 Å². The molecular formula is C21H16N2OS. The minimum Gasteiger partial charge on any atom is -0.493 e. The van der Waals surface area contributed by atoms with Crippen LogP contribution in [0.15, 0.2) is 67.0 Å². The molecule has 3 nitrogen and oxygen atoms in total. The van der Waals surface area contributed by atoms with Gasteiger partial charge in [0.2, 0.25) is 0 Å². The first-order valence-corrected chi connectivity index (χ1v) is 9.20. The number of hydrogen-bond acceptors (Lipinski definition) is 4. The first-order chi connectivity index (χ1) is 12.4. The van der Waals surface area contributed by atoms with Gasteiger partial charge < -0.3 is 4.74 Å². The maximum atomic E-state index is 5.94. The Hall–Kier alpha value is -2.72. The highest BCUT2D eigenvalue weighted by molar-refractivity contribution is 7.18. The van der Waals surface area contributed by atoms with Crippen molar-refractivity contribution in [3.8, 4) is 16.9 Å². The van der Waals surface area contributed by atoms with Crippen LogP contribution in [0.1, 0.15) is 16.5 Å². The number of aromatic nitrogens is 2. The Morgan fingerprint density at radius 2 is 1.84 bits per heavy atom. The number of hydrogen-bond donors (Lipinski definition) is 0. The van der Waals surface area contributed by atoms with E-state index in [1.165, 1.54) is 21.4 Å². The Morgan fingerprint density at radius 3 is 2.76 bits per heavy atom. The zero-order valence-corrected chi connectivity index (χ0v) is 14.4. The second-order valence-electron chi connectivity index (χ2n) is 6.29. The highest BCUT2D eigenvalue weighted by Gasteiger charge is 2.24. The van der Waals surface area contributed by atoms with Gasteiger partial charge in [0.25, 0.3) is 0 Å². The highest BCUT2D eigenvalue weighted by Crippen LogP contribution is 2.36. The van der Waals surface area contributed by atoms with Gasteiger partial charge in [0.1, 0.15) is 10.8 Å². The van der Waals surface area contributed by atoms with Gasteiger partial charge >= 0.3 is 0 Å². The van der Waals surface area contributed by atoms with E-state index >= 15 is 0 Å². The van der Waals surface area contributed by atoms with Gasteiger partial charge in [-0.1, -0.05) is 24.3 Å². The summed E-state index contributed by atoms with van der Waals surface area (Å²) in [5.41, 5.74) is 4.73. The third-order valence-electron chi connectivity index (χ3n) is 4.65. The summed E-state index contributed by atoms with van der Waals surface area (Å²) in [6.45, 7) is 0.702. The van der Waals surface area contributed by atoms with Gasteiger partial charge in [-0.25, -0.2) is 4.98 Å². The lowest BCUT2D eigenvalue weighted by Gasteiger charge is -2.23. The molecule has 1 aliphatic rings. The number of ether oxygens (including phenoxy) is 1. The van der Waals surface area contributed by atoms with E-state index in [1.54, 1.807) is 11.3 Å². The highest BCUT2D eigenvalue weighted by atomic mass is 32.1. The molecule has 122 valence electrons. The largest absolute Gasteiger partial charge is 0.493 e. The summed E-state index contributed by atoms with van der Waals surface area (Å²) in [5.74, 6) is 1.34. The van der Waals surface area contributed by atoms with Crippen LogP contribution in [0, 0.1) is 0 Å². The van der Waals surface area contributed by atoms with Crippen molar-refractivity contribution in [3.63, 3.8) is 0 Å². The van der Waals surface area contributed by atoms with Crippen LogP contribution >= 0.6 is 11.3 Å². The summed E-state index contributed by atoms with van der Waals surface area (Å²) in [4.78, 5) is 8.96. The molecule has 0 amide bonds. The number of rotatable bonds is 2. The Morgan fingerprint density at radius 1 is 0.960 bits per heavy atom. The van der Waals surface area contributed by atoms with Crippen LogP contribution in [-0.2, 0) is 6.42 Å². The van der Waals surface area contributed by atoms with Crippen molar-refractivity contribution in [1.29, 1.82) is 0 Å². The van der Waals surface area contributed by atoms with Crippen molar-refractivity contribution in [3.05, 3.63) is 77.6 Å². The van der Waals surface area contributed by atoms with Crippen LogP contribution in [0.2, 0.25) is 0 Å². The second kappa shape index (κ2) is 5.97. The van der Waals surface area contributed by atoms with E-state index in [9.17, 15) is 0 Å². The van der Waals surface area contributed by atoms with E-state index in [4.69, 9.17) is 9.72 Å². The molecule has 0 bridgehead atoms. The first-order valence-electron chi connectivity index (χ1n) is 8.38. The number of para-hydroxylation sites is 1. The topological polar surface area (TPSA) is 35.0 Å². The van der Waals surface area contributed by atoms with E-state index in [2.05, 4.69) is 35.3 Å². The molecule has 0 saturated heterocycles. The average molecular weight is 344 g/mol. The molecule has 0 spiro atoms. The molecule has 2 aromatic heterocycles. The van der Waals surface area contributed by atoms with Gasteiger partial charge in [0, 0.05) is 18.3 Å². The van der Waals surface area contributed by atoms with Crippen molar-refractivity contribution in [1.82, 2.24) is 9.97 Å². The molecule has 4 aromatic rings. The van der Waals surface area contributed by atoms with Crippen molar-refractivity contribution in [2.45, 2.75) is 12.3 Å². The molecule has 1 aliphatic heterocycles. The smallest absolute Gasteiger partial charge is 0.122 e. The molecular weight excluding hydrogens is 328 g/mol. The van der Waals surface area contributed by atoms with Crippen LogP contribution in [0.25, 0.3) is 21.3 Å². The SMILES string of the molecule is c1ccc2c(c1)CC(c1nc3ccc(-c4ccncc4)cc3s1)CO2. The third-order valence-corrected chi connectivity index (χ3v) is 5.83.